The Morgan fingerprint density at radius 3 is 2.53 bits per heavy atom. The number of methoxy groups -OCH3 is 1. The molecule has 0 aromatic heterocycles. The van der Waals surface area contributed by atoms with Crippen LogP contribution < -0.4 is 14.8 Å². The number of nitrogens with one attached hydrogen (secondary N) is 1. The lowest BCUT2D eigenvalue weighted by Gasteiger charge is -2.28. The van der Waals surface area contributed by atoms with Gasteiger partial charge in [0, 0.05) is 18.2 Å². The predicted molar refractivity (Wildman–Crippen MR) is 133 cm³/mol. The predicted octanol–water partition coefficient (Wildman–Crippen LogP) is 5.01. The van der Waals surface area contributed by atoms with Crippen molar-refractivity contribution in [3.8, 4) is 11.5 Å². The smallest absolute Gasteiger partial charge is 0.329 e. The quantitative estimate of drug-likeness (QED) is 0.163. The van der Waals surface area contributed by atoms with Gasteiger partial charge in [0.2, 0.25) is 0 Å². The first-order valence-electron chi connectivity index (χ1n) is 11.0. The number of nitro groups is 1. The fourth-order valence-electron chi connectivity index (χ4n) is 4.22. The van der Waals surface area contributed by atoms with E-state index in [1.54, 1.807) is 24.3 Å². The van der Waals surface area contributed by atoms with Crippen LogP contribution in [0.5, 0.6) is 11.5 Å². The molecule has 34 heavy (non-hydrogen) atoms. The topological polar surface area (TPSA) is 111 Å². The zero-order valence-electron chi connectivity index (χ0n) is 18.6. The Balaban J connectivity index is 1.51. The van der Waals surface area contributed by atoms with Gasteiger partial charge in [0.1, 0.15) is 12.3 Å². The highest BCUT2D eigenvalue weighted by Gasteiger charge is 2.39. The highest BCUT2D eigenvalue weighted by molar-refractivity contribution is 14.1. The molecule has 1 N–H and O–H groups in total. The van der Waals surface area contributed by atoms with Crippen LogP contribution in [-0.2, 0) is 11.4 Å². The summed E-state index contributed by atoms with van der Waals surface area (Å²) < 4.78 is 12.2. The Hall–Kier alpha value is -3.15. The Morgan fingerprint density at radius 2 is 1.88 bits per heavy atom. The van der Waals surface area contributed by atoms with Gasteiger partial charge in [-0.1, -0.05) is 19.3 Å². The van der Waals surface area contributed by atoms with E-state index < -0.39 is 4.92 Å². The average Bonchev–Trinajstić information content (AvgIpc) is 3.11. The number of ether oxygens (including phenoxy) is 2. The van der Waals surface area contributed by atoms with Crippen LogP contribution in [0, 0.1) is 13.7 Å². The van der Waals surface area contributed by atoms with Gasteiger partial charge in [-0.15, -0.1) is 0 Å². The molecule has 1 saturated carbocycles. The third kappa shape index (κ3) is 5.16. The molecule has 2 aromatic carbocycles. The Morgan fingerprint density at radius 1 is 1.18 bits per heavy atom. The molecule has 0 spiro atoms. The molecule has 0 atom stereocenters. The summed E-state index contributed by atoms with van der Waals surface area (Å²) in [6.45, 7) is 0.204. The zero-order chi connectivity index (χ0) is 24.2. The number of hydrogen-bond donors (Lipinski definition) is 1. The summed E-state index contributed by atoms with van der Waals surface area (Å²) >= 11 is 2.12. The fraction of sp³-hybridized carbons (Fsp3) is 0.333. The highest BCUT2D eigenvalue weighted by atomic mass is 127. The second-order valence-corrected chi connectivity index (χ2v) is 9.36. The van der Waals surface area contributed by atoms with Crippen LogP contribution in [0.15, 0.2) is 42.1 Å². The number of imide groups is 1. The number of hydrogen-bond acceptors (Lipinski definition) is 6. The van der Waals surface area contributed by atoms with E-state index in [2.05, 4.69) is 27.9 Å². The maximum absolute atomic E-state index is 12.9. The number of amides is 3. The standard InChI is InChI=1S/C24H24IN3O6/c1-33-21-13-16(12-20-23(29)27(24(30)26-20)17-5-3-2-4-6-17)11-19(25)22(21)34-14-15-7-9-18(10-8-15)28(31)32/h7-13,17H,2-6,14H2,1H3,(H,26,30)/b20-12-. The maximum Gasteiger partial charge on any atom is 0.329 e. The minimum absolute atomic E-state index is 0.0175. The van der Waals surface area contributed by atoms with Crippen LogP contribution in [-0.4, -0.2) is 34.9 Å². The molecule has 3 amide bonds. The molecule has 10 heteroatoms. The van der Waals surface area contributed by atoms with Crippen LogP contribution in [0.1, 0.15) is 43.2 Å². The number of carbonyl (C=O) groups is 2. The monoisotopic (exact) mass is 577 g/mol. The van der Waals surface area contributed by atoms with Gasteiger partial charge < -0.3 is 14.8 Å². The first-order valence-corrected chi connectivity index (χ1v) is 12.0. The largest absolute Gasteiger partial charge is 0.493 e. The number of non-ortho nitro benzene ring substituents is 1. The van der Waals surface area contributed by atoms with Crippen LogP contribution in [0.2, 0.25) is 0 Å². The molecule has 2 aromatic rings. The summed E-state index contributed by atoms with van der Waals surface area (Å²) in [5.41, 5.74) is 1.73. The van der Waals surface area contributed by atoms with Crippen molar-refractivity contribution in [2.24, 2.45) is 0 Å². The molecule has 1 aliphatic heterocycles. The molecule has 0 radical (unpaired) electrons. The van der Waals surface area contributed by atoms with Crippen LogP contribution in [0.4, 0.5) is 10.5 Å². The number of benzene rings is 2. The molecule has 1 aliphatic carbocycles. The van der Waals surface area contributed by atoms with Crippen LogP contribution in [0.25, 0.3) is 6.08 Å². The lowest BCUT2D eigenvalue weighted by molar-refractivity contribution is -0.384. The first-order chi connectivity index (χ1) is 16.4. The number of carbonyl (C=O) groups excluding carboxylic acids is 2. The molecule has 2 fully saturated rings. The summed E-state index contributed by atoms with van der Waals surface area (Å²) in [7, 11) is 1.52. The maximum atomic E-state index is 12.9. The highest BCUT2D eigenvalue weighted by Crippen LogP contribution is 2.36. The SMILES string of the molecule is COc1cc(/C=C2\NC(=O)N(C3CCCCC3)C2=O)cc(I)c1OCc1ccc([N+](=O)[O-])cc1. The number of urea groups is 1. The van der Waals surface area contributed by atoms with Gasteiger partial charge in [-0.2, -0.15) is 0 Å². The molecule has 1 saturated heterocycles. The van der Waals surface area contributed by atoms with Crippen molar-refractivity contribution < 1.29 is 24.0 Å². The molecule has 4 rings (SSSR count). The number of rotatable bonds is 7. The van der Waals surface area contributed by atoms with E-state index in [1.165, 1.54) is 24.1 Å². The van der Waals surface area contributed by atoms with Crippen molar-refractivity contribution in [2.75, 3.05) is 7.11 Å². The number of nitro benzene ring substituents is 1. The van der Waals surface area contributed by atoms with Crippen LogP contribution in [0.3, 0.4) is 0 Å². The van der Waals surface area contributed by atoms with Crippen LogP contribution >= 0.6 is 22.6 Å². The van der Waals surface area contributed by atoms with Crippen molar-refractivity contribution >= 4 is 46.3 Å². The van der Waals surface area contributed by atoms with Gasteiger partial charge in [0.15, 0.2) is 11.5 Å². The van der Waals surface area contributed by atoms with Gasteiger partial charge >= 0.3 is 6.03 Å². The average molecular weight is 577 g/mol. The van der Waals surface area contributed by atoms with Gasteiger partial charge in [-0.05, 0) is 76.9 Å². The molecule has 9 nitrogen and oxygen atoms in total. The third-order valence-corrected chi connectivity index (χ3v) is 6.74. The Bertz CT molecular complexity index is 1140. The Labute approximate surface area is 210 Å². The van der Waals surface area contributed by atoms with E-state index in [9.17, 15) is 19.7 Å². The van der Waals surface area contributed by atoms with Gasteiger partial charge in [0.25, 0.3) is 11.6 Å². The van der Waals surface area contributed by atoms with Crippen molar-refractivity contribution in [3.63, 3.8) is 0 Å². The lowest BCUT2D eigenvalue weighted by atomic mass is 9.94. The molecular weight excluding hydrogens is 553 g/mol. The minimum Gasteiger partial charge on any atom is -0.493 e. The number of nitrogens with zero attached hydrogens (tertiary/aromatic N) is 2. The summed E-state index contributed by atoms with van der Waals surface area (Å²) in [6, 6.07) is 9.31. The summed E-state index contributed by atoms with van der Waals surface area (Å²) in [5.74, 6) is 0.695. The lowest BCUT2D eigenvalue weighted by Crippen LogP contribution is -2.41. The van der Waals surface area contributed by atoms with Gasteiger partial charge in [-0.3, -0.25) is 19.8 Å². The Kier molecular flexibility index (Phi) is 7.35. The first kappa shape index (κ1) is 24.0. The van der Waals surface area contributed by atoms with E-state index >= 15 is 0 Å². The van der Waals surface area contributed by atoms with Crippen molar-refractivity contribution in [1.29, 1.82) is 0 Å². The van der Waals surface area contributed by atoms with E-state index in [4.69, 9.17) is 9.47 Å². The molecule has 0 bridgehead atoms. The fourth-order valence-corrected chi connectivity index (χ4v) is 5.00. The molecule has 2 aliphatic rings. The third-order valence-electron chi connectivity index (χ3n) is 5.94. The van der Waals surface area contributed by atoms with Gasteiger partial charge in [-0.25, -0.2) is 4.79 Å². The summed E-state index contributed by atoms with van der Waals surface area (Å²) in [6.07, 6.45) is 6.53. The van der Waals surface area contributed by atoms with E-state index in [-0.39, 0.29) is 36.0 Å². The second-order valence-electron chi connectivity index (χ2n) is 8.20. The summed E-state index contributed by atoms with van der Waals surface area (Å²) in [4.78, 5) is 37.1. The summed E-state index contributed by atoms with van der Waals surface area (Å²) in [5, 5.41) is 13.5. The molecular formula is C24H24IN3O6. The van der Waals surface area contributed by atoms with E-state index in [1.807, 2.05) is 6.07 Å². The minimum atomic E-state index is -0.449. The zero-order valence-corrected chi connectivity index (χ0v) is 20.7. The van der Waals surface area contributed by atoms with Crippen molar-refractivity contribution in [2.45, 2.75) is 44.8 Å². The van der Waals surface area contributed by atoms with Crippen molar-refractivity contribution in [3.05, 3.63) is 66.9 Å². The number of halogens is 1. The molecule has 1 heterocycles. The second kappa shape index (κ2) is 10.4. The molecule has 0 unspecified atom stereocenters. The molecule has 178 valence electrons. The van der Waals surface area contributed by atoms with E-state index in [0.717, 1.165) is 41.2 Å². The van der Waals surface area contributed by atoms with Crippen molar-refractivity contribution in [1.82, 2.24) is 10.2 Å². The van der Waals surface area contributed by atoms with E-state index in [0.29, 0.717) is 17.1 Å². The van der Waals surface area contributed by atoms with Gasteiger partial charge in [0.05, 0.1) is 15.6 Å². The normalized spacial score (nSPS) is 17.7.